The molecule has 4 rings (SSSR count). The number of thiazole rings is 1. The Morgan fingerprint density at radius 1 is 1.18 bits per heavy atom. The van der Waals surface area contributed by atoms with Crippen molar-refractivity contribution in [2.24, 2.45) is 0 Å². The van der Waals surface area contributed by atoms with Crippen molar-refractivity contribution in [3.63, 3.8) is 0 Å². The predicted molar refractivity (Wildman–Crippen MR) is 109 cm³/mol. The Balaban J connectivity index is 1.73. The van der Waals surface area contributed by atoms with Gasteiger partial charge in [-0.15, -0.1) is 5.10 Å². The molecular formula is C19H11Cl2N3O3S. The van der Waals surface area contributed by atoms with E-state index in [9.17, 15) is 9.59 Å². The lowest BCUT2D eigenvalue weighted by Gasteiger charge is -1.99. The van der Waals surface area contributed by atoms with Gasteiger partial charge in [0.15, 0.2) is 5.82 Å². The molecule has 0 amide bonds. The fourth-order valence-corrected chi connectivity index (χ4v) is 4.00. The highest BCUT2D eigenvalue weighted by Gasteiger charge is 2.14. The number of fused-ring (bicyclic) bond motifs is 1. The third-order valence-corrected chi connectivity index (χ3v) is 5.49. The van der Waals surface area contributed by atoms with Crippen LogP contribution in [0.3, 0.4) is 0 Å². The molecule has 0 aliphatic rings. The lowest BCUT2D eigenvalue weighted by molar-refractivity contribution is 0.0600. The second-order valence-corrected chi connectivity index (χ2v) is 7.64. The fourth-order valence-electron chi connectivity index (χ4n) is 2.60. The Morgan fingerprint density at radius 2 is 1.93 bits per heavy atom. The number of hydrogen-bond donors (Lipinski definition) is 0. The Labute approximate surface area is 172 Å². The highest BCUT2D eigenvalue weighted by Crippen LogP contribution is 2.28. The van der Waals surface area contributed by atoms with Crippen molar-refractivity contribution >= 4 is 51.5 Å². The molecule has 2 aromatic carbocycles. The highest BCUT2D eigenvalue weighted by atomic mass is 35.5. The molecule has 2 aromatic heterocycles. The molecule has 2 heterocycles. The van der Waals surface area contributed by atoms with Gasteiger partial charge in [-0.1, -0.05) is 46.7 Å². The zero-order valence-electron chi connectivity index (χ0n) is 14.3. The molecule has 0 atom stereocenters. The van der Waals surface area contributed by atoms with Gasteiger partial charge in [-0.2, -0.15) is 9.50 Å². The van der Waals surface area contributed by atoms with Crippen molar-refractivity contribution in [3.8, 4) is 11.4 Å². The van der Waals surface area contributed by atoms with Gasteiger partial charge in [-0.25, -0.2) is 4.79 Å². The van der Waals surface area contributed by atoms with E-state index in [-0.39, 0.29) is 5.56 Å². The summed E-state index contributed by atoms with van der Waals surface area (Å²) < 4.78 is 6.40. The van der Waals surface area contributed by atoms with Gasteiger partial charge in [0.05, 0.1) is 22.2 Å². The Kier molecular flexibility index (Phi) is 4.89. The average molecular weight is 432 g/mol. The molecule has 0 saturated carbocycles. The summed E-state index contributed by atoms with van der Waals surface area (Å²) in [5.74, 6) is -0.0535. The molecule has 0 N–H and O–H groups in total. The highest BCUT2D eigenvalue weighted by molar-refractivity contribution is 7.15. The monoisotopic (exact) mass is 431 g/mol. The standard InChI is InChI=1S/C19H11Cl2N3O3S/c1-27-18(26)11-4-2-10(3-5-11)8-15-17(25)24-19(28-15)22-16(23-24)13-7-6-12(20)9-14(13)21/h2-9H,1H3/b15-8-. The number of carbonyl (C=O) groups is 1. The molecule has 0 aliphatic carbocycles. The number of benzene rings is 2. The van der Waals surface area contributed by atoms with Crippen LogP contribution < -0.4 is 10.1 Å². The van der Waals surface area contributed by atoms with Crippen LogP contribution in [0.25, 0.3) is 22.4 Å². The van der Waals surface area contributed by atoms with E-state index in [0.717, 1.165) is 5.56 Å². The van der Waals surface area contributed by atoms with Crippen LogP contribution in [0.15, 0.2) is 47.3 Å². The zero-order chi connectivity index (χ0) is 19.8. The number of aromatic nitrogens is 3. The van der Waals surface area contributed by atoms with Crippen LogP contribution in [0.4, 0.5) is 0 Å². The maximum Gasteiger partial charge on any atom is 0.337 e. The van der Waals surface area contributed by atoms with E-state index < -0.39 is 5.97 Å². The fraction of sp³-hybridized carbons (Fsp3) is 0.0526. The first-order valence-corrected chi connectivity index (χ1v) is 9.58. The third-order valence-electron chi connectivity index (χ3n) is 3.98. The molecule has 0 unspecified atom stereocenters. The smallest absolute Gasteiger partial charge is 0.337 e. The van der Waals surface area contributed by atoms with Crippen LogP contribution in [0.5, 0.6) is 0 Å². The Hall–Kier alpha value is -2.74. The van der Waals surface area contributed by atoms with E-state index in [0.29, 0.717) is 36.5 Å². The first kappa shape index (κ1) is 18.6. The molecule has 140 valence electrons. The van der Waals surface area contributed by atoms with Gasteiger partial charge in [0.1, 0.15) is 0 Å². The lowest BCUT2D eigenvalue weighted by atomic mass is 10.1. The summed E-state index contributed by atoms with van der Waals surface area (Å²) in [6.45, 7) is 0. The number of nitrogens with zero attached hydrogens (tertiary/aromatic N) is 3. The van der Waals surface area contributed by atoms with E-state index in [1.807, 2.05) is 0 Å². The van der Waals surface area contributed by atoms with E-state index in [2.05, 4.69) is 14.8 Å². The summed E-state index contributed by atoms with van der Waals surface area (Å²) in [6, 6.07) is 11.8. The molecule has 0 spiro atoms. The average Bonchev–Trinajstić information content (AvgIpc) is 3.21. The van der Waals surface area contributed by atoms with Crippen molar-refractivity contribution in [3.05, 3.63) is 78.5 Å². The minimum absolute atomic E-state index is 0.277. The molecule has 0 aliphatic heterocycles. The molecule has 4 aromatic rings. The van der Waals surface area contributed by atoms with E-state index in [1.54, 1.807) is 48.5 Å². The summed E-state index contributed by atoms with van der Waals surface area (Å²) >= 11 is 13.3. The number of methoxy groups -OCH3 is 1. The number of carbonyl (C=O) groups excluding carboxylic acids is 1. The normalized spacial score (nSPS) is 11.9. The summed E-state index contributed by atoms with van der Waals surface area (Å²) in [7, 11) is 1.33. The van der Waals surface area contributed by atoms with E-state index in [4.69, 9.17) is 23.2 Å². The minimum atomic E-state index is -0.414. The van der Waals surface area contributed by atoms with Crippen molar-refractivity contribution in [2.75, 3.05) is 7.11 Å². The van der Waals surface area contributed by atoms with Crippen molar-refractivity contribution in [1.82, 2.24) is 14.6 Å². The van der Waals surface area contributed by atoms with Crippen LogP contribution in [0, 0.1) is 0 Å². The number of ether oxygens (including phenoxy) is 1. The largest absolute Gasteiger partial charge is 0.465 e. The maximum atomic E-state index is 12.6. The number of rotatable bonds is 3. The van der Waals surface area contributed by atoms with Gasteiger partial charge in [0.2, 0.25) is 4.96 Å². The quantitative estimate of drug-likeness (QED) is 0.464. The van der Waals surface area contributed by atoms with Gasteiger partial charge in [0, 0.05) is 10.6 Å². The predicted octanol–water partition coefficient (Wildman–Crippen LogP) is 3.46. The van der Waals surface area contributed by atoms with E-state index >= 15 is 0 Å². The molecule has 0 bridgehead atoms. The van der Waals surface area contributed by atoms with Crippen LogP contribution in [0.1, 0.15) is 15.9 Å². The summed E-state index contributed by atoms with van der Waals surface area (Å²) in [5, 5.41) is 5.20. The van der Waals surface area contributed by atoms with E-state index in [1.165, 1.54) is 23.0 Å². The third kappa shape index (κ3) is 3.40. The Bertz CT molecular complexity index is 1310. The van der Waals surface area contributed by atoms with Crippen LogP contribution >= 0.6 is 34.5 Å². The van der Waals surface area contributed by atoms with Gasteiger partial charge >= 0.3 is 5.97 Å². The lowest BCUT2D eigenvalue weighted by Crippen LogP contribution is -2.23. The topological polar surface area (TPSA) is 73.6 Å². The van der Waals surface area contributed by atoms with Crippen molar-refractivity contribution in [2.45, 2.75) is 0 Å². The first-order valence-electron chi connectivity index (χ1n) is 8.01. The SMILES string of the molecule is COC(=O)c1ccc(/C=c2\sc3nc(-c4ccc(Cl)cc4Cl)nn3c2=O)cc1. The summed E-state index contributed by atoms with van der Waals surface area (Å²) in [4.78, 5) is 29.0. The first-order chi connectivity index (χ1) is 13.5. The molecule has 0 radical (unpaired) electrons. The van der Waals surface area contributed by atoms with Crippen molar-refractivity contribution < 1.29 is 9.53 Å². The van der Waals surface area contributed by atoms with Gasteiger partial charge in [-0.3, -0.25) is 4.79 Å². The second-order valence-electron chi connectivity index (χ2n) is 5.78. The molecular weight excluding hydrogens is 421 g/mol. The summed E-state index contributed by atoms with van der Waals surface area (Å²) in [5.41, 5.74) is 1.54. The van der Waals surface area contributed by atoms with Crippen LogP contribution in [-0.2, 0) is 4.74 Å². The molecule has 9 heteroatoms. The summed E-state index contributed by atoms with van der Waals surface area (Å²) in [6.07, 6.45) is 1.72. The number of hydrogen-bond acceptors (Lipinski definition) is 6. The van der Waals surface area contributed by atoms with Crippen molar-refractivity contribution in [1.29, 1.82) is 0 Å². The molecule has 28 heavy (non-hydrogen) atoms. The number of esters is 1. The second kappa shape index (κ2) is 7.35. The van der Waals surface area contributed by atoms with Gasteiger partial charge in [-0.05, 0) is 42.0 Å². The minimum Gasteiger partial charge on any atom is -0.465 e. The zero-order valence-corrected chi connectivity index (χ0v) is 16.7. The molecule has 6 nitrogen and oxygen atoms in total. The van der Waals surface area contributed by atoms with Gasteiger partial charge < -0.3 is 4.74 Å². The molecule has 0 fully saturated rings. The Morgan fingerprint density at radius 3 is 2.57 bits per heavy atom. The maximum absolute atomic E-state index is 12.6. The van der Waals surface area contributed by atoms with Crippen LogP contribution in [0.2, 0.25) is 10.0 Å². The van der Waals surface area contributed by atoms with Gasteiger partial charge in [0.25, 0.3) is 5.56 Å². The van der Waals surface area contributed by atoms with Crippen LogP contribution in [-0.4, -0.2) is 27.7 Å². The molecule has 0 saturated heterocycles. The number of halogens is 2.